The van der Waals surface area contributed by atoms with Gasteiger partial charge in [-0.1, -0.05) is 12.1 Å². The van der Waals surface area contributed by atoms with E-state index in [1.54, 1.807) is 50.6 Å². The molecular formula is C15H13NO3. The maximum atomic E-state index is 8.87. The first-order valence-corrected chi connectivity index (χ1v) is 5.67. The van der Waals surface area contributed by atoms with Crippen LogP contribution in [-0.4, -0.2) is 14.2 Å². The zero-order valence-corrected chi connectivity index (χ0v) is 10.7. The molecule has 4 nitrogen and oxygen atoms in total. The summed E-state index contributed by atoms with van der Waals surface area (Å²) in [5.74, 6) is 2.19. The molecule has 0 saturated carbocycles. The maximum Gasteiger partial charge on any atom is 0.210 e. The van der Waals surface area contributed by atoms with Crippen molar-refractivity contribution >= 4 is 0 Å². The van der Waals surface area contributed by atoms with Gasteiger partial charge in [0.1, 0.15) is 5.75 Å². The lowest BCUT2D eigenvalue weighted by Crippen LogP contribution is -1.94. The molecule has 0 aliphatic heterocycles. The fourth-order valence-corrected chi connectivity index (χ4v) is 1.66. The topological polar surface area (TPSA) is 51.5 Å². The largest absolute Gasteiger partial charge is 0.493 e. The molecule has 0 heterocycles. The van der Waals surface area contributed by atoms with Crippen molar-refractivity contribution in [1.29, 1.82) is 5.26 Å². The van der Waals surface area contributed by atoms with E-state index < -0.39 is 0 Å². The first kappa shape index (κ1) is 12.8. The molecule has 0 aromatic heterocycles. The minimum Gasteiger partial charge on any atom is -0.493 e. The number of nitrogens with zero attached hydrogens (tertiary/aromatic N) is 1. The number of benzene rings is 2. The Morgan fingerprint density at radius 2 is 1.58 bits per heavy atom. The van der Waals surface area contributed by atoms with Crippen molar-refractivity contribution in [1.82, 2.24) is 0 Å². The molecule has 0 unspecified atom stereocenters. The summed E-state index contributed by atoms with van der Waals surface area (Å²) in [6, 6.07) is 14.4. The Bertz CT molecular complexity index is 595. The minimum absolute atomic E-state index is 0.489. The predicted octanol–water partition coefficient (Wildman–Crippen LogP) is 3.37. The van der Waals surface area contributed by atoms with Crippen molar-refractivity contribution in [2.75, 3.05) is 14.2 Å². The maximum absolute atomic E-state index is 8.87. The van der Waals surface area contributed by atoms with Crippen LogP contribution < -0.4 is 14.2 Å². The van der Waals surface area contributed by atoms with Crippen molar-refractivity contribution in [2.24, 2.45) is 0 Å². The average Bonchev–Trinajstić information content (AvgIpc) is 2.47. The Hall–Kier alpha value is -2.67. The zero-order valence-electron chi connectivity index (χ0n) is 10.7. The number of hydrogen-bond acceptors (Lipinski definition) is 4. The van der Waals surface area contributed by atoms with Crippen LogP contribution in [-0.2, 0) is 0 Å². The minimum atomic E-state index is 0.489. The molecule has 0 atom stereocenters. The quantitative estimate of drug-likeness (QED) is 0.840. The van der Waals surface area contributed by atoms with Gasteiger partial charge >= 0.3 is 0 Å². The van der Waals surface area contributed by atoms with E-state index >= 15 is 0 Å². The summed E-state index contributed by atoms with van der Waals surface area (Å²) in [5.41, 5.74) is 0.534. The van der Waals surface area contributed by atoms with Crippen molar-refractivity contribution in [2.45, 2.75) is 0 Å². The number of methoxy groups -OCH3 is 2. The first-order chi connectivity index (χ1) is 9.28. The molecule has 0 radical (unpaired) electrons. The van der Waals surface area contributed by atoms with Gasteiger partial charge in [0.05, 0.1) is 25.9 Å². The number of nitriles is 1. The second-order valence-corrected chi connectivity index (χ2v) is 3.73. The summed E-state index contributed by atoms with van der Waals surface area (Å²) in [6.45, 7) is 0. The molecule has 2 aromatic carbocycles. The van der Waals surface area contributed by atoms with Crippen LogP contribution in [0.3, 0.4) is 0 Å². The molecule has 4 heteroatoms. The third-order valence-corrected chi connectivity index (χ3v) is 2.57. The van der Waals surface area contributed by atoms with Crippen LogP contribution in [0.2, 0.25) is 0 Å². The summed E-state index contributed by atoms with van der Waals surface area (Å²) in [5, 5.41) is 8.87. The van der Waals surface area contributed by atoms with Crippen LogP contribution in [0.4, 0.5) is 0 Å². The highest BCUT2D eigenvalue weighted by Crippen LogP contribution is 2.39. The van der Waals surface area contributed by atoms with Crippen molar-refractivity contribution in [3.8, 4) is 29.1 Å². The van der Waals surface area contributed by atoms with Gasteiger partial charge in [-0.3, -0.25) is 0 Å². The van der Waals surface area contributed by atoms with E-state index in [1.165, 1.54) is 0 Å². The van der Waals surface area contributed by atoms with E-state index in [9.17, 15) is 0 Å². The average molecular weight is 255 g/mol. The van der Waals surface area contributed by atoms with Crippen molar-refractivity contribution < 1.29 is 14.2 Å². The number of hydrogen-bond donors (Lipinski definition) is 0. The van der Waals surface area contributed by atoms with Gasteiger partial charge < -0.3 is 14.2 Å². The van der Waals surface area contributed by atoms with Gasteiger partial charge in [0.15, 0.2) is 11.5 Å². The zero-order chi connectivity index (χ0) is 13.7. The van der Waals surface area contributed by atoms with E-state index in [-0.39, 0.29) is 0 Å². The van der Waals surface area contributed by atoms with E-state index in [0.717, 1.165) is 0 Å². The Kier molecular flexibility index (Phi) is 3.89. The summed E-state index contributed by atoms with van der Waals surface area (Å²) in [4.78, 5) is 0. The highest BCUT2D eigenvalue weighted by molar-refractivity contribution is 5.53. The monoisotopic (exact) mass is 255 g/mol. The molecule has 2 aromatic rings. The van der Waals surface area contributed by atoms with Crippen LogP contribution in [0.15, 0.2) is 42.5 Å². The Morgan fingerprint density at radius 3 is 2.16 bits per heavy atom. The fourth-order valence-electron chi connectivity index (χ4n) is 1.66. The van der Waals surface area contributed by atoms with Crippen LogP contribution >= 0.6 is 0 Å². The molecular weight excluding hydrogens is 242 g/mol. The lowest BCUT2D eigenvalue weighted by Gasteiger charge is -2.13. The van der Waals surface area contributed by atoms with Gasteiger partial charge in [-0.05, 0) is 30.3 Å². The lowest BCUT2D eigenvalue weighted by molar-refractivity contribution is 0.346. The SMILES string of the molecule is COc1cccc(OC)c1Oc1cccc(C#N)c1. The van der Waals surface area contributed by atoms with Crippen LogP contribution in [0.25, 0.3) is 0 Å². The lowest BCUT2D eigenvalue weighted by atomic mass is 10.2. The summed E-state index contributed by atoms with van der Waals surface area (Å²) in [6.07, 6.45) is 0. The Balaban J connectivity index is 2.39. The van der Waals surface area contributed by atoms with E-state index in [2.05, 4.69) is 6.07 Å². The van der Waals surface area contributed by atoms with E-state index in [1.807, 2.05) is 6.07 Å². The standard InChI is InChI=1S/C15H13NO3/c1-17-13-7-4-8-14(18-2)15(13)19-12-6-3-5-11(9-12)10-16/h3-9H,1-2H3. The molecule has 0 amide bonds. The molecule has 0 N–H and O–H groups in total. The van der Waals surface area contributed by atoms with Gasteiger partial charge in [-0.2, -0.15) is 5.26 Å². The normalized spacial score (nSPS) is 9.53. The summed E-state index contributed by atoms with van der Waals surface area (Å²) >= 11 is 0. The molecule has 0 fully saturated rings. The molecule has 0 aliphatic carbocycles. The number of ether oxygens (including phenoxy) is 3. The predicted molar refractivity (Wildman–Crippen MR) is 70.8 cm³/mol. The Morgan fingerprint density at radius 1 is 0.947 bits per heavy atom. The summed E-state index contributed by atoms with van der Waals surface area (Å²) < 4.78 is 16.3. The smallest absolute Gasteiger partial charge is 0.210 e. The molecule has 2 rings (SSSR count). The molecule has 0 spiro atoms. The number of para-hydroxylation sites is 1. The Labute approximate surface area is 111 Å². The third kappa shape index (κ3) is 2.78. The molecule has 0 saturated heterocycles. The molecule has 0 bridgehead atoms. The highest BCUT2D eigenvalue weighted by atomic mass is 16.5. The second-order valence-electron chi connectivity index (χ2n) is 3.73. The first-order valence-electron chi connectivity index (χ1n) is 5.67. The third-order valence-electron chi connectivity index (χ3n) is 2.57. The summed E-state index contributed by atoms with van der Waals surface area (Å²) in [7, 11) is 3.13. The van der Waals surface area contributed by atoms with Crippen LogP contribution in [0, 0.1) is 11.3 Å². The van der Waals surface area contributed by atoms with Gasteiger partial charge in [-0.25, -0.2) is 0 Å². The molecule has 19 heavy (non-hydrogen) atoms. The van der Waals surface area contributed by atoms with Crippen LogP contribution in [0.5, 0.6) is 23.0 Å². The highest BCUT2D eigenvalue weighted by Gasteiger charge is 2.12. The van der Waals surface area contributed by atoms with Crippen molar-refractivity contribution in [3.05, 3.63) is 48.0 Å². The van der Waals surface area contributed by atoms with Gasteiger partial charge in [0, 0.05) is 0 Å². The number of rotatable bonds is 4. The van der Waals surface area contributed by atoms with Crippen molar-refractivity contribution in [3.63, 3.8) is 0 Å². The van der Waals surface area contributed by atoms with Gasteiger partial charge in [0.2, 0.25) is 5.75 Å². The van der Waals surface area contributed by atoms with E-state index in [0.29, 0.717) is 28.6 Å². The van der Waals surface area contributed by atoms with Gasteiger partial charge in [-0.15, -0.1) is 0 Å². The van der Waals surface area contributed by atoms with Crippen LogP contribution in [0.1, 0.15) is 5.56 Å². The molecule has 0 aliphatic rings. The molecule has 96 valence electrons. The van der Waals surface area contributed by atoms with E-state index in [4.69, 9.17) is 19.5 Å². The van der Waals surface area contributed by atoms with Gasteiger partial charge in [0.25, 0.3) is 0 Å². The fraction of sp³-hybridized carbons (Fsp3) is 0.133. The second kappa shape index (κ2) is 5.78.